The molecule has 124 valence electrons. The summed E-state index contributed by atoms with van der Waals surface area (Å²) in [4.78, 5) is 29.8. The molecule has 0 saturated carbocycles. The van der Waals surface area contributed by atoms with Crippen LogP contribution in [0.4, 0.5) is 0 Å². The largest absolute Gasteiger partial charge is 0.332 e. The van der Waals surface area contributed by atoms with E-state index in [-0.39, 0.29) is 6.54 Å². The van der Waals surface area contributed by atoms with Crippen molar-refractivity contribution < 1.29 is 0 Å². The number of halogens is 2. The van der Waals surface area contributed by atoms with Gasteiger partial charge >= 0.3 is 5.69 Å². The van der Waals surface area contributed by atoms with Gasteiger partial charge in [-0.1, -0.05) is 35.9 Å². The van der Waals surface area contributed by atoms with Gasteiger partial charge in [-0.05, 0) is 27.6 Å². The standard InChI is InChI=1S/C16H14BrClN4O2/c1-3-8-21-12-13(19-15(21)17)20(2)16(24)22(14(12)23)9-10-6-4-5-7-11(10)18/h3-7H,1,8-9H2,2H3. The number of imidazole rings is 1. The summed E-state index contributed by atoms with van der Waals surface area (Å²) in [5, 5.41) is 0.507. The Kier molecular flexibility index (Phi) is 4.47. The molecule has 0 aliphatic carbocycles. The monoisotopic (exact) mass is 408 g/mol. The lowest BCUT2D eigenvalue weighted by molar-refractivity contribution is 0.653. The number of hydrogen-bond donors (Lipinski definition) is 0. The van der Waals surface area contributed by atoms with Crippen molar-refractivity contribution in [2.75, 3.05) is 0 Å². The van der Waals surface area contributed by atoms with Gasteiger partial charge in [0.2, 0.25) is 0 Å². The second-order valence-electron chi connectivity index (χ2n) is 5.28. The summed E-state index contributed by atoms with van der Waals surface area (Å²) in [6.07, 6.45) is 1.66. The lowest BCUT2D eigenvalue weighted by atomic mass is 10.2. The number of aromatic nitrogens is 4. The van der Waals surface area contributed by atoms with Gasteiger partial charge in [-0.2, -0.15) is 0 Å². The molecule has 0 spiro atoms. The minimum absolute atomic E-state index is 0.0952. The van der Waals surface area contributed by atoms with Gasteiger partial charge < -0.3 is 4.57 Å². The fourth-order valence-corrected chi connectivity index (χ4v) is 3.26. The lowest BCUT2D eigenvalue weighted by Crippen LogP contribution is -2.40. The maximum atomic E-state index is 12.9. The molecule has 0 atom stereocenters. The predicted molar refractivity (Wildman–Crippen MR) is 97.7 cm³/mol. The molecule has 6 nitrogen and oxygen atoms in total. The van der Waals surface area contributed by atoms with E-state index in [2.05, 4.69) is 27.5 Å². The first-order valence-corrected chi connectivity index (χ1v) is 8.32. The molecule has 3 rings (SSSR count). The molecule has 0 radical (unpaired) electrons. The summed E-state index contributed by atoms with van der Waals surface area (Å²) >= 11 is 9.49. The van der Waals surface area contributed by atoms with Crippen LogP contribution < -0.4 is 11.2 Å². The number of rotatable bonds is 4. The van der Waals surface area contributed by atoms with E-state index in [1.54, 1.807) is 35.9 Å². The van der Waals surface area contributed by atoms with Gasteiger partial charge in [0.15, 0.2) is 15.9 Å². The first-order valence-electron chi connectivity index (χ1n) is 7.15. The van der Waals surface area contributed by atoms with Crippen LogP contribution in [-0.4, -0.2) is 18.7 Å². The van der Waals surface area contributed by atoms with E-state index < -0.39 is 11.2 Å². The summed E-state index contributed by atoms with van der Waals surface area (Å²) in [5.41, 5.74) is 0.521. The smallest absolute Gasteiger partial charge is 0.309 e. The molecule has 0 aliphatic rings. The summed E-state index contributed by atoms with van der Waals surface area (Å²) in [7, 11) is 1.59. The van der Waals surface area contributed by atoms with Crippen LogP contribution >= 0.6 is 27.5 Å². The third kappa shape index (κ3) is 2.63. The van der Waals surface area contributed by atoms with Crippen LogP contribution in [0.25, 0.3) is 11.2 Å². The summed E-state index contributed by atoms with van der Waals surface area (Å²) in [6.45, 7) is 4.19. The summed E-state index contributed by atoms with van der Waals surface area (Å²) in [5.74, 6) is 0. The zero-order valence-corrected chi connectivity index (χ0v) is 15.2. The van der Waals surface area contributed by atoms with Gasteiger partial charge in [-0.3, -0.25) is 13.9 Å². The summed E-state index contributed by atoms with van der Waals surface area (Å²) in [6, 6.07) is 7.12. The summed E-state index contributed by atoms with van der Waals surface area (Å²) < 4.78 is 4.67. The normalized spacial score (nSPS) is 11.1. The van der Waals surface area contributed by atoms with Crippen molar-refractivity contribution in [3.63, 3.8) is 0 Å². The molecule has 8 heteroatoms. The third-order valence-corrected chi connectivity index (χ3v) is 4.76. The molecule has 0 amide bonds. The highest BCUT2D eigenvalue weighted by atomic mass is 79.9. The molecule has 0 saturated heterocycles. The minimum Gasteiger partial charge on any atom is -0.309 e. The Morgan fingerprint density at radius 3 is 2.67 bits per heavy atom. The van der Waals surface area contributed by atoms with Crippen molar-refractivity contribution in [3.8, 4) is 0 Å². The zero-order valence-electron chi connectivity index (χ0n) is 12.9. The van der Waals surface area contributed by atoms with E-state index in [0.29, 0.717) is 33.0 Å². The number of benzene rings is 1. The Hall–Kier alpha value is -2.12. The molecule has 2 heterocycles. The van der Waals surface area contributed by atoms with Gasteiger partial charge in [0.25, 0.3) is 5.56 Å². The zero-order chi connectivity index (χ0) is 17.4. The highest BCUT2D eigenvalue weighted by molar-refractivity contribution is 9.10. The Bertz CT molecular complexity index is 1060. The van der Waals surface area contributed by atoms with Crippen LogP contribution in [0.1, 0.15) is 5.56 Å². The van der Waals surface area contributed by atoms with Crippen LogP contribution in [0.2, 0.25) is 5.02 Å². The number of aryl methyl sites for hydroxylation is 1. The molecule has 1 aromatic carbocycles. The predicted octanol–water partition coefficient (Wildman–Crippen LogP) is 2.55. The number of nitrogens with zero attached hydrogens (tertiary/aromatic N) is 4. The minimum atomic E-state index is -0.442. The average molecular weight is 410 g/mol. The van der Waals surface area contributed by atoms with Crippen molar-refractivity contribution in [1.29, 1.82) is 0 Å². The van der Waals surface area contributed by atoms with Crippen LogP contribution in [0.5, 0.6) is 0 Å². The van der Waals surface area contributed by atoms with E-state index in [1.807, 2.05) is 6.07 Å². The lowest BCUT2D eigenvalue weighted by Gasteiger charge is -2.10. The number of allylic oxidation sites excluding steroid dienone is 1. The fourth-order valence-electron chi connectivity index (χ4n) is 2.58. The van der Waals surface area contributed by atoms with Crippen molar-refractivity contribution in [3.05, 3.63) is 73.1 Å². The Labute approximate surface area is 150 Å². The van der Waals surface area contributed by atoms with Crippen molar-refractivity contribution >= 4 is 38.7 Å². The second kappa shape index (κ2) is 6.41. The highest BCUT2D eigenvalue weighted by Crippen LogP contribution is 2.18. The van der Waals surface area contributed by atoms with E-state index in [4.69, 9.17) is 11.6 Å². The van der Waals surface area contributed by atoms with Crippen LogP contribution in [0, 0.1) is 0 Å². The van der Waals surface area contributed by atoms with E-state index in [1.165, 1.54) is 4.57 Å². The third-order valence-electron chi connectivity index (χ3n) is 3.78. The molecular formula is C16H14BrClN4O2. The first-order chi connectivity index (χ1) is 11.5. The van der Waals surface area contributed by atoms with Crippen LogP contribution in [0.15, 0.2) is 51.2 Å². The SMILES string of the molecule is C=CCn1c(Br)nc2c1c(=O)n(Cc1ccccc1Cl)c(=O)n2C. The Morgan fingerprint density at radius 2 is 2.00 bits per heavy atom. The molecule has 0 N–H and O–H groups in total. The Morgan fingerprint density at radius 1 is 1.29 bits per heavy atom. The average Bonchev–Trinajstić information content (AvgIpc) is 2.89. The molecular weight excluding hydrogens is 396 g/mol. The van der Waals surface area contributed by atoms with E-state index in [9.17, 15) is 9.59 Å². The molecule has 3 aromatic rings. The molecule has 0 unspecified atom stereocenters. The number of fused-ring (bicyclic) bond motifs is 1. The van der Waals surface area contributed by atoms with Gasteiger partial charge in [-0.15, -0.1) is 6.58 Å². The van der Waals surface area contributed by atoms with Gasteiger partial charge in [0.1, 0.15) is 0 Å². The van der Waals surface area contributed by atoms with E-state index in [0.717, 1.165) is 4.57 Å². The maximum absolute atomic E-state index is 12.9. The fraction of sp³-hybridized carbons (Fsp3) is 0.188. The first kappa shape index (κ1) is 16.7. The van der Waals surface area contributed by atoms with E-state index >= 15 is 0 Å². The molecule has 24 heavy (non-hydrogen) atoms. The maximum Gasteiger partial charge on any atom is 0.332 e. The molecule has 0 aliphatic heterocycles. The van der Waals surface area contributed by atoms with Gasteiger partial charge in [0.05, 0.1) is 6.54 Å². The topological polar surface area (TPSA) is 61.8 Å². The quantitative estimate of drug-likeness (QED) is 0.491. The highest BCUT2D eigenvalue weighted by Gasteiger charge is 2.19. The second-order valence-corrected chi connectivity index (χ2v) is 6.39. The number of hydrogen-bond acceptors (Lipinski definition) is 3. The van der Waals surface area contributed by atoms with Crippen LogP contribution in [-0.2, 0) is 20.1 Å². The van der Waals surface area contributed by atoms with Crippen molar-refractivity contribution in [2.45, 2.75) is 13.1 Å². The molecule has 2 aromatic heterocycles. The molecule has 0 bridgehead atoms. The van der Waals surface area contributed by atoms with Crippen molar-refractivity contribution in [2.24, 2.45) is 7.05 Å². The molecule has 0 fully saturated rings. The van der Waals surface area contributed by atoms with Crippen molar-refractivity contribution in [1.82, 2.24) is 18.7 Å². The van der Waals surface area contributed by atoms with Gasteiger partial charge in [0, 0.05) is 18.6 Å². The Balaban J connectivity index is 2.31. The van der Waals surface area contributed by atoms with Crippen LogP contribution in [0.3, 0.4) is 0 Å². The van der Waals surface area contributed by atoms with Gasteiger partial charge in [-0.25, -0.2) is 9.78 Å².